The summed E-state index contributed by atoms with van der Waals surface area (Å²) >= 11 is 1.30. The minimum absolute atomic E-state index is 0.141. The summed E-state index contributed by atoms with van der Waals surface area (Å²) in [5.74, 6) is 1.72. The summed E-state index contributed by atoms with van der Waals surface area (Å²) in [4.78, 5) is 25.6. The van der Waals surface area contributed by atoms with E-state index in [0.717, 1.165) is 4.90 Å². The molecule has 0 radical (unpaired) electrons. The fourth-order valence-corrected chi connectivity index (χ4v) is 3.63. The minimum atomic E-state index is -0.261. The van der Waals surface area contributed by atoms with E-state index in [1.165, 1.54) is 11.8 Å². The van der Waals surface area contributed by atoms with E-state index in [-0.39, 0.29) is 24.4 Å². The maximum atomic E-state index is 12.8. The lowest BCUT2D eigenvalue weighted by atomic mass is 10.2. The zero-order valence-electron chi connectivity index (χ0n) is 15.3. The molecular formula is C21H18N2O5S. The largest absolute Gasteiger partial charge is 0.467 e. The second-order valence-electron chi connectivity index (χ2n) is 6.16. The highest BCUT2D eigenvalue weighted by Gasteiger charge is 2.16. The lowest BCUT2D eigenvalue weighted by molar-refractivity contribution is -0.118. The predicted octanol–water partition coefficient (Wildman–Crippen LogP) is 3.67. The topological polar surface area (TPSA) is 89.8 Å². The summed E-state index contributed by atoms with van der Waals surface area (Å²) < 4.78 is 15.8. The average molecular weight is 410 g/mol. The van der Waals surface area contributed by atoms with Crippen molar-refractivity contribution in [3.05, 3.63) is 72.2 Å². The number of hydrogen-bond acceptors (Lipinski definition) is 6. The zero-order chi connectivity index (χ0) is 20.1. The van der Waals surface area contributed by atoms with Gasteiger partial charge in [-0.05, 0) is 36.4 Å². The highest BCUT2D eigenvalue weighted by atomic mass is 32.2. The second-order valence-corrected chi connectivity index (χ2v) is 7.18. The number of carbonyl (C=O) groups excluding carboxylic acids is 2. The normalized spacial score (nSPS) is 11.9. The van der Waals surface area contributed by atoms with Crippen LogP contribution in [0.15, 0.2) is 70.2 Å². The molecule has 0 saturated carbocycles. The Bertz CT molecular complexity index is 1020. The van der Waals surface area contributed by atoms with Crippen LogP contribution in [0.3, 0.4) is 0 Å². The summed E-state index contributed by atoms with van der Waals surface area (Å²) in [6.07, 6.45) is 1.56. The van der Waals surface area contributed by atoms with E-state index < -0.39 is 0 Å². The third-order valence-corrected chi connectivity index (χ3v) is 5.23. The Morgan fingerprint density at radius 3 is 2.72 bits per heavy atom. The van der Waals surface area contributed by atoms with E-state index in [2.05, 4.69) is 10.6 Å². The fourth-order valence-electron chi connectivity index (χ4n) is 2.75. The molecule has 4 rings (SSSR count). The highest BCUT2D eigenvalue weighted by Crippen LogP contribution is 2.34. The van der Waals surface area contributed by atoms with E-state index in [4.69, 9.17) is 13.9 Å². The number of rotatable bonds is 7. The molecular weight excluding hydrogens is 392 g/mol. The molecule has 0 atom stereocenters. The first-order valence-corrected chi connectivity index (χ1v) is 9.89. The van der Waals surface area contributed by atoms with Gasteiger partial charge in [0.15, 0.2) is 11.5 Å². The number of nitrogens with one attached hydrogen (secondary N) is 2. The van der Waals surface area contributed by atoms with Crippen LogP contribution in [0.25, 0.3) is 0 Å². The molecule has 0 saturated heterocycles. The number of benzene rings is 2. The van der Waals surface area contributed by atoms with Gasteiger partial charge < -0.3 is 24.5 Å². The van der Waals surface area contributed by atoms with Crippen LogP contribution in [0.4, 0.5) is 5.69 Å². The summed E-state index contributed by atoms with van der Waals surface area (Å²) in [5, 5.41) is 5.65. The lowest BCUT2D eigenvalue weighted by Gasteiger charge is -2.10. The van der Waals surface area contributed by atoms with Crippen molar-refractivity contribution in [2.24, 2.45) is 0 Å². The second kappa shape index (κ2) is 8.74. The molecule has 2 N–H and O–H groups in total. The maximum absolute atomic E-state index is 12.8. The van der Waals surface area contributed by atoms with Crippen molar-refractivity contribution in [1.82, 2.24) is 5.32 Å². The third-order valence-electron chi connectivity index (χ3n) is 4.16. The van der Waals surface area contributed by atoms with Gasteiger partial charge in [-0.15, -0.1) is 11.8 Å². The fraction of sp³-hybridized carbons (Fsp3) is 0.143. The van der Waals surface area contributed by atoms with Crippen LogP contribution in [-0.4, -0.2) is 24.4 Å². The van der Waals surface area contributed by atoms with Crippen molar-refractivity contribution in [3.8, 4) is 11.5 Å². The predicted molar refractivity (Wildman–Crippen MR) is 108 cm³/mol. The molecule has 29 heavy (non-hydrogen) atoms. The van der Waals surface area contributed by atoms with Crippen molar-refractivity contribution in [2.45, 2.75) is 11.4 Å². The molecule has 148 valence electrons. The van der Waals surface area contributed by atoms with Crippen molar-refractivity contribution in [1.29, 1.82) is 0 Å². The average Bonchev–Trinajstić information content (AvgIpc) is 3.42. The van der Waals surface area contributed by atoms with Crippen LogP contribution in [0.1, 0.15) is 16.1 Å². The Kier molecular flexibility index (Phi) is 5.71. The van der Waals surface area contributed by atoms with Gasteiger partial charge in [-0.3, -0.25) is 9.59 Å². The van der Waals surface area contributed by atoms with E-state index in [0.29, 0.717) is 35.1 Å². The Labute approximate surface area is 171 Å². The van der Waals surface area contributed by atoms with Crippen molar-refractivity contribution >= 4 is 29.3 Å². The van der Waals surface area contributed by atoms with Gasteiger partial charge in [0, 0.05) is 16.6 Å². The van der Waals surface area contributed by atoms with Gasteiger partial charge in [0.2, 0.25) is 12.7 Å². The van der Waals surface area contributed by atoms with Crippen molar-refractivity contribution < 1.29 is 23.5 Å². The summed E-state index contributed by atoms with van der Waals surface area (Å²) in [6.45, 7) is 0.507. The quantitative estimate of drug-likeness (QED) is 0.578. The minimum Gasteiger partial charge on any atom is -0.467 e. The van der Waals surface area contributed by atoms with Gasteiger partial charge in [-0.1, -0.05) is 12.1 Å². The van der Waals surface area contributed by atoms with E-state index in [9.17, 15) is 9.59 Å². The van der Waals surface area contributed by atoms with Crippen molar-refractivity contribution in [2.75, 3.05) is 17.9 Å². The maximum Gasteiger partial charge on any atom is 0.256 e. The Balaban J connectivity index is 1.37. The lowest BCUT2D eigenvalue weighted by Crippen LogP contribution is -2.24. The van der Waals surface area contributed by atoms with Crippen LogP contribution in [0.5, 0.6) is 11.5 Å². The SMILES string of the molecule is O=C(CSc1ccccc1C(=O)Nc1ccc2c(c1)OCO2)NCc1ccco1. The van der Waals surface area contributed by atoms with Crippen LogP contribution in [0.2, 0.25) is 0 Å². The molecule has 0 bridgehead atoms. The smallest absolute Gasteiger partial charge is 0.256 e. The Morgan fingerprint density at radius 2 is 1.86 bits per heavy atom. The highest BCUT2D eigenvalue weighted by molar-refractivity contribution is 8.00. The number of ether oxygens (including phenoxy) is 2. The molecule has 7 nitrogen and oxygen atoms in total. The van der Waals surface area contributed by atoms with Gasteiger partial charge in [0.1, 0.15) is 5.76 Å². The Hall–Kier alpha value is -3.39. The number of amides is 2. The van der Waals surface area contributed by atoms with Gasteiger partial charge in [0.25, 0.3) is 5.91 Å². The van der Waals surface area contributed by atoms with Gasteiger partial charge in [0.05, 0.1) is 24.1 Å². The molecule has 1 aliphatic rings. The molecule has 3 aromatic rings. The van der Waals surface area contributed by atoms with Crippen LogP contribution < -0.4 is 20.1 Å². The van der Waals surface area contributed by atoms with Crippen LogP contribution in [0, 0.1) is 0 Å². The molecule has 0 unspecified atom stereocenters. The number of thioether (sulfide) groups is 1. The molecule has 1 aliphatic heterocycles. The molecule has 2 heterocycles. The van der Waals surface area contributed by atoms with E-state index in [1.54, 1.807) is 48.7 Å². The molecule has 8 heteroatoms. The Morgan fingerprint density at radius 1 is 1.00 bits per heavy atom. The number of fused-ring (bicyclic) bond motifs is 1. The van der Waals surface area contributed by atoms with Gasteiger partial charge >= 0.3 is 0 Å². The number of furan rings is 1. The molecule has 2 amide bonds. The van der Waals surface area contributed by atoms with Gasteiger partial charge in [-0.25, -0.2) is 0 Å². The monoisotopic (exact) mass is 410 g/mol. The molecule has 1 aromatic heterocycles. The van der Waals surface area contributed by atoms with Crippen LogP contribution >= 0.6 is 11.8 Å². The van der Waals surface area contributed by atoms with Crippen LogP contribution in [-0.2, 0) is 11.3 Å². The van der Waals surface area contributed by atoms with E-state index in [1.807, 2.05) is 12.1 Å². The van der Waals surface area contributed by atoms with Gasteiger partial charge in [-0.2, -0.15) is 0 Å². The summed E-state index contributed by atoms with van der Waals surface area (Å²) in [7, 11) is 0. The first-order valence-electron chi connectivity index (χ1n) is 8.91. The molecule has 0 fully saturated rings. The first-order chi connectivity index (χ1) is 14.2. The van der Waals surface area contributed by atoms with Crippen molar-refractivity contribution in [3.63, 3.8) is 0 Å². The number of anilines is 1. The zero-order valence-corrected chi connectivity index (χ0v) is 16.2. The van der Waals surface area contributed by atoms with E-state index >= 15 is 0 Å². The third kappa shape index (κ3) is 4.72. The first kappa shape index (κ1) is 18.9. The molecule has 2 aromatic carbocycles. The molecule has 0 aliphatic carbocycles. The molecule has 0 spiro atoms. The summed E-state index contributed by atoms with van der Waals surface area (Å²) in [6, 6.07) is 16.0. The standard InChI is InChI=1S/C21H18N2O5S/c24-20(22-11-15-4-3-9-26-15)12-29-19-6-2-1-5-16(19)21(25)23-14-7-8-17-18(10-14)28-13-27-17/h1-10H,11-13H2,(H,22,24)(H,23,25). The number of carbonyl (C=O) groups is 2. The number of hydrogen-bond donors (Lipinski definition) is 2. The summed E-state index contributed by atoms with van der Waals surface area (Å²) in [5.41, 5.74) is 1.10.